The first kappa shape index (κ1) is 32.2. The molecule has 2 heterocycles. The second kappa shape index (κ2) is 14.3. The van der Waals surface area contributed by atoms with Crippen LogP contribution in [0.15, 0.2) is 78.4 Å². The fourth-order valence-electron chi connectivity index (χ4n) is 5.01. The molecule has 3 aromatic carbocycles. The number of benzene rings is 3. The third kappa shape index (κ3) is 6.59. The van der Waals surface area contributed by atoms with Crippen LogP contribution in [0, 0.1) is 6.92 Å². The zero-order valence-electron chi connectivity index (χ0n) is 25.9. The van der Waals surface area contributed by atoms with Crippen molar-refractivity contribution in [3.8, 4) is 17.2 Å². The summed E-state index contributed by atoms with van der Waals surface area (Å²) in [5, 5.41) is 11.7. The molecule has 1 aromatic heterocycles. The maximum Gasteiger partial charge on any atom is 0.350 e. The number of Topliss-reactive ketones (excluding diaryl/α,β-unsaturated/α-hetero) is 1. The Hall–Kier alpha value is -5.16. The fraction of sp³-hybridized carbons (Fsp3) is 0.257. The van der Waals surface area contributed by atoms with Crippen molar-refractivity contribution in [1.82, 2.24) is 4.98 Å². The number of ether oxygens (including phenoxy) is 4. The number of thiazole rings is 1. The van der Waals surface area contributed by atoms with Gasteiger partial charge in [-0.1, -0.05) is 54.7 Å². The number of anilines is 1. The highest BCUT2D eigenvalue weighted by Gasteiger charge is 2.48. The van der Waals surface area contributed by atoms with E-state index in [-0.39, 0.29) is 21.3 Å². The SMILES string of the molecule is CCCOc1ccc(C(O)=C2C(=O)C(=O)N(c3nc(C)c(C(=O)OC)s3)C2c2ccc(OCc3ccccc3)c(OCC)c2)cc1. The van der Waals surface area contributed by atoms with E-state index in [1.165, 1.54) is 12.0 Å². The van der Waals surface area contributed by atoms with Gasteiger partial charge in [0.15, 0.2) is 16.6 Å². The van der Waals surface area contributed by atoms with Crippen molar-refractivity contribution in [3.63, 3.8) is 0 Å². The summed E-state index contributed by atoms with van der Waals surface area (Å²) >= 11 is 0.927. The third-order valence-corrected chi connectivity index (χ3v) is 8.36. The van der Waals surface area contributed by atoms with Crippen LogP contribution in [0.25, 0.3) is 5.76 Å². The topological polar surface area (TPSA) is 124 Å². The summed E-state index contributed by atoms with van der Waals surface area (Å²) in [4.78, 5) is 45.7. The van der Waals surface area contributed by atoms with Crippen LogP contribution >= 0.6 is 11.3 Å². The van der Waals surface area contributed by atoms with Crippen molar-refractivity contribution in [2.45, 2.75) is 39.8 Å². The second-order valence-corrected chi connectivity index (χ2v) is 11.3. The number of ketones is 1. The van der Waals surface area contributed by atoms with Gasteiger partial charge < -0.3 is 24.1 Å². The molecule has 1 aliphatic rings. The summed E-state index contributed by atoms with van der Waals surface area (Å²) in [6, 6.07) is 20.3. The van der Waals surface area contributed by atoms with Crippen LogP contribution in [0.4, 0.5) is 5.13 Å². The molecule has 0 aliphatic carbocycles. The van der Waals surface area contributed by atoms with Crippen molar-refractivity contribution in [1.29, 1.82) is 0 Å². The highest BCUT2D eigenvalue weighted by Crippen LogP contribution is 2.45. The molecule has 1 saturated heterocycles. The van der Waals surface area contributed by atoms with Gasteiger partial charge in [-0.3, -0.25) is 14.5 Å². The number of amides is 1. The molecule has 10 nitrogen and oxygen atoms in total. The Kier molecular flexibility index (Phi) is 10.0. The van der Waals surface area contributed by atoms with Crippen molar-refractivity contribution in [2.24, 2.45) is 0 Å². The predicted molar refractivity (Wildman–Crippen MR) is 174 cm³/mol. The van der Waals surface area contributed by atoms with Crippen LogP contribution in [0.5, 0.6) is 17.2 Å². The number of nitrogens with zero attached hydrogens (tertiary/aromatic N) is 2. The predicted octanol–water partition coefficient (Wildman–Crippen LogP) is 6.63. The molecule has 4 aromatic rings. The lowest BCUT2D eigenvalue weighted by molar-refractivity contribution is -0.132. The number of aromatic nitrogens is 1. The van der Waals surface area contributed by atoms with E-state index in [9.17, 15) is 19.5 Å². The van der Waals surface area contributed by atoms with Crippen LogP contribution in [-0.4, -0.2) is 48.1 Å². The Bertz CT molecular complexity index is 1770. The minimum atomic E-state index is -1.10. The quantitative estimate of drug-likeness (QED) is 0.0785. The van der Waals surface area contributed by atoms with Gasteiger partial charge in [0, 0.05) is 5.56 Å². The molecular formula is C35H34N2O8S. The van der Waals surface area contributed by atoms with E-state index in [4.69, 9.17) is 18.9 Å². The highest BCUT2D eigenvalue weighted by molar-refractivity contribution is 7.17. The van der Waals surface area contributed by atoms with E-state index in [1.54, 1.807) is 49.4 Å². The Labute approximate surface area is 270 Å². The van der Waals surface area contributed by atoms with Gasteiger partial charge in [-0.25, -0.2) is 9.78 Å². The maximum absolute atomic E-state index is 13.7. The van der Waals surface area contributed by atoms with Crippen molar-refractivity contribution in [2.75, 3.05) is 25.2 Å². The average Bonchev–Trinajstić information content (AvgIpc) is 3.59. The van der Waals surface area contributed by atoms with E-state index in [0.717, 1.165) is 23.3 Å². The smallest absolute Gasteiger partial charge is 0.350 e. The van der Waals surface area contributed by atoms with E-state index in [1.807, 2.05) is 44.2 Å². The number of methoxy groups -OCH3 is 1. The fourth-order valence-corrected chi connectivity index (χ4v) is 6.03. The van der Waals surface area contributed by atoms with Gasteiger partial charge >= 0.3 is 11.9 Å². The van der Waals surface area contributed by atoms with Crippen LogP contribution in [0.2, 0.25) is 0 Å². The second-order valence-electron chi connectivity index (χ2n) is 10.4. The molecule has 1 aliphatic heterocycles. The number of carbonyl (C=O) groups is 3. The molecule has 0 radical (unpaired) electrons. The standard InChI is InChI=1S/C35H34N2O8S/c1-5-18-44-25-15-12-23(13-16-25)30(38)28-29(37(33(40)31(28)39)35-36-21(3)32(46-35)34(41)42-4)24-14-17-26(27(19-24)43-6-2)45-20-22-10-8-7-9-11-22/h7-17,19,29,38H,5-6,18,20H2,1-4H3. The highest BCUT2D eigenvalue weighted by atomic mass is 32.1. The molecule has 1 amide bonds. The number of hydrogen-bond donors (Lipinski definition) is 1. The lowest BCUT2D eigenvalue weighted by Gasteiger charge is -2.24. The first-order chi connectivity index (χ1) is 22.3. The van der Waals surface area contributed by atoms with Crippen LogP contribution in [0.3, 0.4) is 0 Å². The first-order valence-electron chi connectivity index (χ1n) is 14.8. The molecule has 5 rings (SSSR count). The third-order valence-electron chi connectivity index (χ3n) is 7.23. The Morgan fingerprint density at radius 3 is 2.37 bits per heavy atom. The summed E-state index contributed by atoms with van der Waals surface area (Å²) < 4.78 is 22.6. The Balaban J connectivity index is 1.62. The minimum absolute atomic E-state index is 0.106. The van der Waals surface area contributed by atoms with E-state index >= 15 is 0 Å². The zero-order chi connectivity index (χ0) is 32.8. The normalized spacial score (nSPS) is 15.6. The Morgan fingerprint density at radius 2 is 1.70 bits per heavy atom. The summed E-state index contributed by atoms with van der Waals surface area (Å²) in [6.45, 7) is 6.60. The van der Waals surface area contributed by atoms with Gasteiger partial charge in [0.1, 0.15) is 23.0 Å². The molecule has 0 spiro atoms. The van der Waals surface area contributed by atoms with Crippen molar-refractivity contribution >= 4 is 39.9 Å². The van der Waals surface area contributed by atoms with Gasteiger partial charge in [0.25, 0.3) is 5.78 Å². The largest absolute Gasteiger partial charge is 0.507 e. The number of carbonyl (C=O) groups excluding carboxylic acids is 3. The molecule has 1 atom stereocenters. The van der Waals surface area contributed by atoms with Crippen molar-refractivity contribution in [3.05, 3.63) is 106 Å². The van der Waals surface area contributed by atoms with Gasteiger partial charge in [-0.05, 0) is 67.8 Å². The van der Waals surface area contributed by atoms with E-state index < -0.39 is 23.7 Å². The summed E-state index contributed by atoms with van der Waals surface area (Å²) in [6.07, 6.45) is 0.832. The lowest BCUT2D eigenvalue weighted by atomic mass is 9.95. The number of rotatable bonds is 12. The number of aliphatic hydroxyl groups excluding tert-OH is 1. The summed E-state index contributed by atoms with van der Waals surface area (Å²) in [7, 11) is 1.25. The molecule has 238 valence electrons. The molecule has 46 heavy (non-hydrogen) atoms. The van der Waals surface area contributed by atoms with Gasteiger partial charge in [0.2, 0.25) is 0 Å². The molecule has 0 saturated carbocycles. The summed E-state index contributed by atoms with van der Waals surface area (Å²) in [5.74, 6) is -1.31. The van der Waals surface area contributed by atoms with Gasteiger partial charge in [-0.2, -0.15) is 0 Å². The minimum Gasteiger partial charge on any atom is -0.507 e. The zero-order valence-corrected chi connectivity index (χ0v) is 26.8. The van der Waals surface area contributed by atoms with Crippen LogP contribution in [0.1, 0.15) is 58.4 Å². The van der Waals surface area contributed by atoms with E-state index in [0.29, 0.717) is 53.9 Å². The maximum atomic E-state index is 13.7. The molecule has 1 N–H and O–H groups in total. The molecule has 11 heteroatoms. The first-order valence-corrected chi connectivity index (χ1v) is 15.6. The molecular weight excluding hydrogens is 608 g/mol. The molecule has 1 unspecified atom stereocenters. The number of aliphatic hydroxyl groups is 1. The van der Waals surface area contributed by atoms with Gasteiger partial charge in [0.05, 0.1) is 37.6 Å². The molecule has 0 bridgehead atoms. The number of aryl methyl sites for hydroxylation is 1. The van der Waals surface area contributed by atoms with Gasteiger partial charge in [-0.15, -0.1) is 0 Å². The van der Waals surface area contributed by atoms with Crippen LogP contribution < -0.4 is 19.1 Å². The average molecular weight is 643 g/mol. The van der Waals surface area contributed by atoms with Crippen LogP contribution in [-0.2, 0) is 20.9 Å². The summed E-state index contributed by atoms with van der Waals surface area (Å²) in [5.41, 5.74) is 1.96. The lowest BCUT2D eigenvalue weighted by Crippen LogP contribution is -2.29. The Morgan fingerprint density at radius 1 is 0.957 bits per heavy atom. The molecule has 1 fully saturated rings. The van der Waals surface area contributed by atoms with E-state index in [2.05, 4.69) is 4.98 Å². The number of esters is 1. The van der Waals surface area contributed by atoms with Crippen molar-refractivity contribution < 1.29 is 38.4 Å². The number of hydrogen-bond acceptors (Lipinski definition) is 10. The monoisotopic (exact) mass is 642 g/mol.